The number of nitrogens with one attached hydrogen (secondary N) is 1. The van der Waals surface area contributed by atoms with E-state index in [4.69, 9.17) is 16.2 Å². The van der Waals surface area contributed by atoms with E-state index in [1.165, 1.54) is 24.1 Å². The summed E-state index contributed by atoms with van der Waals surface area (Å²) in [5.74, 6) is -1.82. The maximum Gasteiger partial charge on any atom is 0.273 e. The van der Waals surface area contributed by atoms with Crippen molar-refractivity contribution in [2.24, 2.45) is 5.73 Å². The molecule has 1 aliphatic rings. The fourth-order valence-electron chi connectivity index (χ4n) is 4.53. The number of primary amides is 1. The molecular weight excluding hydrogens is 494 g/mol. The number of ether oxygens (including phenoxy) is 1. The van der Waals surface area contributed by atoms with Gasteiger partial charge in [0.1, 0.15) is 10.9 Å². The first-order valence-corrected chi connectivity index (χ1v) is 12.6. The van der Waals surface area contributed by atoms with E-state index >= 15 is 0 Å². The van der Waals surface area contributed by atoms with E-state index in [-0.39, 0.29) is 33.8 Å². The van der Waals surface area contributed by atoms with E-state index in [0.717, 1.165) is 42.8 Å². The van der Waals surface area contributed by atoms with Gasteiger partial charge in [0.2, 0.25) is 5.91 Å². The van der Waals surface area contributed by atoms with Crippen LogP contribution >= 0.6 is 11.5 Å². The molecule has 0 radical (unpaired) electrons. The molecule has 0 spiro atoms. The summed E-state index contributed by atoms with van der Waals surface area (Å²) in [5.41, 5.74) is 12.9. The number of carbonyl (C=O) groups is 3. The van der Waals surface area contributed by atoms with E-state index < -0.39 is 23.8 Å². The SMILES string of the molecule is COc1cc(C(C(=O)NC2CCCC2)N(C(=O)c2snc(C(N)=O)c2N)c2cccc(C)c2)ccc1O. The number of nitrogen functional groups attached to an aromatic ring is 1. The second-order valence-corrected chi connectivity index (χ2v) is 9.75. The molecule has 1 heterocycles. The molecule has 1 unspecified atom stereocenters. The summed E-state index contributed by atoms with van der Waals surface area (Å²) in [6.45, 7) is 1.87. The molecule has 1 saturated carbocycles. The van der Waals surface area contributed by atoms with Gasteiger partial charge >= 0.3 is 0 Å². The molecule has 10 nitrogen and oxygen atoms in total. The second kappa shape index (κ2) is 10.9. The third-order valence-electron chi connectivity index (χ3n) is 6.38. The number of methoxy groups -OCH3 is 1. The van der Waals surface area contributed by atoms with Crippen molar-refractivity contribution in [1.29, 1.82) is 0 Å². The zero-order valence-electron chi connectivity index (χ0n) is 20.6. The highest BCUT2D eigenvalue weighted by Crippen LogP contribution is 2.37. The number of aromatic nitrogens is 1. The molecule has 4 rings (SSSR count). The van der Waals surface area contributed by atoms with Crippen LogP contribution in [-0.2, 0) is 4.79 Å². The van der Waals surface area contributed by atoms with Crippen molar-refractivity contribution in [3.05, 3.63) is 64.2 Å². The number of amides is 3. The molecule has 6 N–H and O–H groups in total. The highest BCUT2D eigenvalue weighted by atomic mass is 32.1. The minimum absolute atomic E-state index is 0.0142. The number of nitrogens with two attached hydrogens (primary N) is 2. The third kappa shape index (κ3) is 5.36. The van der Waals surface area contributed by atoms with Gasteiger partial charge in [0.15, 0.2) is 17.2 Å². The summed E-state index contributed by atoms with van der Waals surface area (Å²) < 4.78 is 9.25. The van der Waals surface area contributed by atoms with Crippen molar-refractivity contribution in [3.8, 4) is 11.5 Å². The molecule has 3 aromatic rings. The fourth-order valence-corrected chi connectivity index (χ4v) is 5.27. The lowest BCUT2D eigenvalue weighted by Gasteiger charge is -2.32. The summed E-state index contributed by atoms with van der Waals surface area (Å²) in [4.78, 5) is 41.1. The minimum Gasteiger partial charge on any atom is -0.504 e. The van der Waals surface area contributed by atoms with Gasteiger partial charge < -0.3 is 26.6 Å². The van der Waals surface area contributed by atoms with E-state index in [9.17, 15) is 19.5 Å². The standard InChI is InChI=1S/C26H29N5O5S/c1-14-6-5-9-17(12-14)31(26(35)23-20(27)21(24(28)33)30-37-23)22(25(34)29-16-7-3-4-8-16)15-10-11-18(32)19(13-15)36-2/h5-6,9-13,16,22,32H,3-4,7-8,27H2,1-2H3,(H2,28,33)(H,29,34). The van der Waals surface area contributed by atoms with Crippen LogP contribution in [0.5, 0.6) is 11.5 Å². The quantitative estimate of drug-likeness (QED) is 0.352. The van der Waals surface area contributed by atoms with Gasteiger partial charge in [-0.2, -0.15) is 4.37 Å². The molecular formula is C26H29N5O5S. The number of anilines is 2. The van der Waals surface area contributed by atoms with E-state index in [1.807, 2.05) is 13.0 Å². The summed E-state index contributed by atoms with van der Waals surface area (Å²) in [6.07, 6.45) is 3.71. The first-order valence-electron chi connectivity index (χ1n) is 11.8. The van der Waals surface area contributed by atoms with Crippen molar-refractivity contribution < 1.29 is 24.2 Å². The average Bonchev–Trinajstić information content (AvgIpc) is 3.52. The maximum absolute atomic E-state index is 14.1. The third-order valence-corrected chi connectivity index (χ3v) is 7.23. The number of aryl methyl sites for hydroxylation is 1. The fraction of sp³-hybridized carbons (Fsp3) is 0.308. The number of phenols is 1. The van der Waals surface area contributed by atoms with E-state index in [0.29, 0.717) is 11.3 Å². The minimum atomic E-state index is -1.15. The van der Waals surface area contributed by atoms with Gasteiger partial charge in [0.25, 0.3) is 11.8 Å². The Morgan fingerprint density at radius 2 is 1.92 bits per heavy atom. The molecule has 1 fully saturated rings. The molecule has 1 aliphatic carbocycles. The van der Waals surface area contributed by atoms with Gasteiger partial charge in [0, 0.05) is 11.7 Å². The van der Waals surface area contributed by atoms with Crippen LogP contribution in [0.2, 0.25) is 0 Å². The van der Waals surface area contributed by atoms with Gasteiger partial charge in [-0.1, -0.05) is 31.0 Å². The summed E-state index contributed by atoms with van der Waals surface area (Å²) in [7, 11) is 1.40. The molecule has 2 aromatic carbocycles. The van der Waals surface area contributed by atoms with Gasteiger partial charge in [-0.15, -0.1) is 0 Å². The van der Waals surface area contributed by atoms with Crippen LogP contribution in [0.1, 0.15) is 63.0 Å². The van der Waals surface area contributed by atoms with Crippen LogP contribution < -0.4 is 26.4 Å². The molecule has 0 bridgehead atoms. The largest absolute Gasteiger partial charge is 0.504 e. The zero-order chi connectivity index (χ0) is 26.7. The number of aromatic hydroxyl groups is 1. The summed E-state index contributed by atoms with van der Waals surface area (Å²) in [6, 6.07) is 10.5. The number of benzene rings is 2. The Bertz CT molecular complexity index is 1330. The monoisotopic (exact) mass is 523 g/mol. The first kappa shape index (κ1) is 26.0. The Morgan fingerprint density at radius 3 is 2.54 bits per heavy atom. The lowest BCUT2D eigenvalue weighted by atomic mass is 10.0. The van der Waals surface area contributed by atoms with Crippen LogP contribution in [0, 0.1) is 6.92 Å². The Morgan fingerprint density at radius 1 is 1.19 bits per heavy atom. The van der Waals surface area contributed by atoms with Crippen molar-refractivity contribution in [1.82, 2.24) is 9.69 Å². The van der Waals surface area contributed by atoms with Gasteiger partial charge in [0.05, 0.1) is 12.8 Å². The van der Waals surface area contributed by atoms with Crippen LogP contribution in [0.15, 0.2) is 42.5 Å². The maximum atomic E-state index is 14.1. The summed E-state index contributed by atoms with van der Waals surface area (Å²) in [5, 5.41) is 13.3. The highest BCUT2D eigenvalue weighted by Gasteiger charge is 2.37. The molecule has 0 aliphatic heterocycles. The lowest BCUT2D eigenvalue weighted by Crippen LogP contribution is -2.46. The number of hydrogen-bond acceptors (Lipinski definition) is 8. The molecule has 11 heteroatoms. The van der Waals surface area contributed by atoms with Crippen molar-refractivity contribution >= 4 is 40.6 Å². The Labute approximate surface area is 218 Å². The Kier molecular flexibility index (Phi) is 7.63. The molecule has 1 atom stereocenters. The topological polar surface area (TPSA) is 161 Å². The zero-order valence-corrected chi connectivity index (χ0v) is 21.4. The summed E-state index contributed by atoms with van der Waals surface area (Å²) >= 11 is 0.744. The first-order chi connectivity index (χ1) is 17.7. The Hall–Kier alpha value is -4.12. The van der Waals surface area contributed by atoms with Crippen molar-refractivity contribution in [2.45, 2.75) is 44.7 Å². The molecule has 1 aromatic heterocycles. The number of nitrogens with zero attached hydrogens (tertiary/aromatic N) is 2. The normalized spacial score (nSPS) is 14.2. The molecule has 194 valence electrons. The number of rotatable bonds is 8. The van der Waals surface area contributed by atoms with Crippen LogP contribution in [0.4, 0.5) is 11.4 Å². The predicted molar refractivity (Wildman–Crippen MR) is 141 cm³/mol. The predicted octanol–water partition coefficient (Wildman–Crippen LogP) is 3.29. The van der Waals surface area contributed by atoms with Crippen molar-refractivity contribution in [2.75, 3.05) is 17.7 Å². The number of phenolic OH excluding ortho intramolecular Hbond substituents is 1. The smallest absolute Gasteiger partial charge is 0.273 e. The molecule has 0 saturated heterocycles. The second-order valence-electron chi connectivity index (χ2n) is 8.98. The average molecular weight is 524 g/mol. The van der Waals surface area contributed by atoms with Gasteiger partial charge in [-0.05, 0) is 66.7 Å². The van der Waals surface area contributed by atoms with Crippen LogP contribution in [0.3, 0.4) is 0 Å². The lowest BCUT2D eigenvalue weighted by molar-refractivity contribution is -0.123. The van der Waals surface area contributed by atoms with E-state index in [1.54, 1.807) is 24.3 Å². The van der Waals surface area contributed by atoms with Crippen LogP contribution in [-0.4, -0.2) is 40.4 Å². The Balaban J connectivity index is 1.89. The van der Waals surface area contributed by atoms with Crippen LogP contribution in [0.25, 0.3) is 0 Å². The van der Waals surface area contributed by atoms with E-state index in [2.05, 4.69) is 9.69 Å². The van der Waals surface area contributed by atoms with Gasteiger partial charge in [-0.25, -0.2) is 0 Å². The van der Waals surface area contributed by atoms with Crippen molar-refractivity contribution in [3.63, 3.8) is 0 Å². The molecule has 37 heavy (non-hydrogen) atoms. The number of carbonyl (C=O) groups excluding carboxylic acids is 3. The van der Waals surface area contributed by atoms with Gasteiger partial charge in [-0.3, -0.25) is 19.3 Å². The molecule has 3 amide bonds. The number of hydrogen-bond donors (Lipinski definition) is 4. The highest BCUT2D eigenvalue weighted by molar-refractivity contribution is 7.09.